The van der Waals surface area contributed by atoms with Crippen molar-refractivity contribution in [3.05, 3.63) is 27.4 Å². The zero-order valence-corrected chi connectivity index (χ0v) is 22.7. The number of carbonyl (C=O) groups excluding carboxylic acids is 1. The number of thiophene rings is 1. The van der Waals surface area contributed by atoms with Gasteiger partial charge in [-0.1, -0.05) is 6.42 Å². The Bertz CT molecular complexity index is 1230. The van der Waals surface area contributed by atoms with Gasteiger partial charge in [-0.05, 0) is 64.2 Å². The smallest absolute Gasteiger partial charge is 0.336 e. The van der Waals surface area contributed by atoms with Crippen LogP contribution in [0.2, 0.25) is 0 Å². The van der Waals surface area contributed by atoms with Crippen molar-refractivity contribution >= 4 is 45.4 Å². The summed E-state index contributed by atoms with van der Waals surface area (Å²) in [5, 5.41) is 49.5. The number of hydrogen-bond acceptors (Lipinski definition) is 9. The minimum Gasteiger partial charge on any atom is -0.506 e. The van der Waals surface area contributed by atoms with Crippen molar-refractivity contribution in [1.82, 2.24) is 14.8 Å². The Hall–Kier alpha value is -3.49. The molecule has 0 bridgehead atoms. The number of aliphatic hydroxyl groups is 1. The number of carboxylic acids is 3. The molecule has 0 aliphatic carbocycles. The first kappa shape index (κ1) is 31.7. The van der Waals surface area contributed by atoms with E-state index < -0.39 is 47.8 Å². The lowest BCUT2D eigenvalue weighted by molar-refractivity contribution is -0.170. The molecule has 2 aromatic rings. The molecule has 0 saturated carbocycles. The monoisotopic (exact) mass is 569 g/mol. The molecule has 1 amide bonds. The van der Waals surface area contributed by atoms with Gasteiger partial charge >= 0.3 is 17.9 Å². The van der Waals surface area contributed by atoms with Gasteiger partial charge < -0.3 is 35.7 Å². The van der Waals surface area contributed by atoms with Gasteiger partial charge in [0.25, 0.3) is 11.5 Å². The first-order valence-corrected chi connectivity index (χ1v) is 13.4. The molecule has 1 fully saturated rings. The summed E-state index contributed by atoms with van der Waals surface area (Å²) in [6.07, 6.45) is 2.35. The zero-order valence-electron chi connectivity index (χ0n) is 21.9. The van der Waals surface area contributed by atoms with E-state index in [2.05, 4.69) is 10.2 Å². The molecule has 6 N–H and O–H groups in total. The minimum absolute atomic E-state index is 0.0881. The van der Waals surface area contributed by atoms with E-state index in [9.17, 15) is 29.1 Å². The van der Waals surface area contributed by atoms with Gasteiger partial charge in [0.2, 0.25) is 0 Å². The van der Waals surface area contributed by atoms with Crippen LogP contribution in [0, 0.1) is 0 Å². The van der Waals surface area contributed by atoms with Gasteiger partial charge in [-0.2, -0.15) is 0 Å². The fourth-order valence-corrected chi connectivity index (χ4v) is 5.31. The lowest BCUT2D eigenvalue weighted by atomic mass is 9.96. The molecule has 0 aromatic carbocycles. The second kappa shape index (κ2) is 14.1. The number of piperidine rings is 1. The van der Waals surface area contributed by atoms with Crippen molar-refractivity contribution in [2.75, 3.05) is 26.2 Å². The number of nitrogens with one attached hydrogen (secondary N) is 1. The maximum absolute atomic E-state index is 12.8. The molecule has 3 heterocycles. The van der Waals surface area contributed by atoms with Crippen molar-refractivity contribution in [2.45, 2.75) is 64.0 Å². The molecule has 0 atom stereocenters. The number of aromatic nitrogens is 1. The van der Waals surface area contributed by atoms with Crippen LogP contribution in [0.1, 0.15) is 68.8 Å². The second-order valence-electron chi connectivity index (χ2n) is 9.62. The maximum atomic E-state index is 12.8. The number of fused-ring (bicyclic) bond motifs is 1. The van der Waals surface area contributed by atoms with Crippen molar-refractivity contribution in [1.29, 1.82) is 0 Å². The minimum atomic E-state index is -2.74. The highest BCUT2D eigenvalue weighted by Crippen LogP contribution is 2.31. The number of pyridine rings is 1. The Morgan fingerprint density at radius 1 is 1.05 bits per heavy atom. The topological polar surface area (TPSA) is 207 Å². The number of likely N-dealkylation sites (tertiary alicyclic amines) is 1. The van der Waals surface area contributed by atoms with Crippen LogP contribution in [0.5, 0.6) is 5.75 Å². The standard InChI is InChI=1S/C19H27N3O3S.C6H8O7/c1-13(2)22-18(25)15(16(23)14-7-12-26-19(14)22)17(24)20-8-6-11-21-9-4-3-5-10-21;7-3(8)1-6(13,5(11)12)2-4(9)10/h7,12-13,23H,3-6,8-11H2,1-2H3,(H,20,24);13H,1-2H2,(H,7,8)(H,9,10)(H,11,12). The molecule has 0 spiro atoms. The Balaban J connectivity index is 0.000000349. The number of hydrogen-bond donors (Lipinski definition) is 6. The highest BCUT2D eigenvalue weighted by atomic mass is 32.1. The lowest BCUT2D eigenvalue weighted by Gasteiger charge is -2.26. The summed E-state index contributed by atoms with van der Waals surface area (Å²) >= 11 is 1.39. The van der Waals surface area contributed by atoms with Crippen molar-refractivity contribution in [2.24, 2.45) is 0 Å². The third-order valence-electron chi connectivity index (χ3n) is 6.20. The van der Waals surface area contributed by atoms with Crippen LogP contribution in [0.4, 0.5) is 0 Å². The van der Waals surface area contributed by atoms with E-state index in [0.717, 1.165) is 26.1 Å². The fraction of sp³-hybridized carbons (Fsp3) is 0.560. The third kappa shape index (κ3) is 8.50. The number of carboxylic acid groups (broad SMARTS) is 3. The first-order valence-electron chi connectivity index (χ1n) is 12.5. The Labute approximate surface area is 228 Å². The van der Waals surface area contributed by atoms with Crippen LogP contribution in [0.3, 0.4) is 0 Å². The lowest BCUT2D eigenvalue weighted by Crippen LogP contribution is -2.42. The fourth-order valence-electron chi connectivity index (χ4n) is 4.28. The summed E-state index contributed by atoms with van der Waals surface area (Å²) in [6, 6.07) is 1.66. The van der Waals surface area contributed by atoms with Gasteiger partial charge in [0.05, 0.1) is 18.2 Å². The van der Waals surface area contributed by atoms with E-state index in [0.29, 0.717) is 16.8 Å². The molecular weight excluding hydrogens is 534 g/mol. The number of aromatic hydroxyl groups is 1. The highest BCUT2D eigenvalue weighted by molar-refractivity contribution is 7.16. The van der Waals surface area contributed by atoms with Crippen LogP contribution in [-0.2, 0) is 14.4 Å². The summed E-state index contributed by atoms with van der Waals surface area (Å²) in [4.78, 5) is 59.0. The average Bonchev–Trinajstić information content (AvgIpc) is 3.31. The highest BCUT2D eigenvalue weighted by Gasteiger charge is 2.40. The van der Waals surface area contributed by atoms with Crippen molar-refractivity contribution in [3.8, 4) is 5.75 Å². The average molecular weight is 570 g/mol. The maximum Gasteiger partial charge on any atom is 0.336 e. The van der Waals surface area contributed by atoms with Crippen molar-refractivity contribution < 1.29 is 44.7 Å². The van der Waals surface area contributed by atoms with E-state index >= 15 is 0 Å². The summed E-state index contributed by atoms with van der Waals surface area (Å²) < 4.78 is 1.59. The molecule has 0 radical (unpaired) electrons. The molecule has 13 nitrogen and oxygen atoms in total. The number of amides is 1. The van der Waals surface area contributed by atoms with Gasteiger partial charge in [-0.25, -0.2) is 4.79 Å². The molecule has 14 heteroatoms. The van der Waals surface area contributed by atoms with E-state index in [1.165, 1.54) is 30.6 Å². The van der Waals surface area contributed by atoms with Crippen molar-refractivity contribution in [3.63, 3.8) is 0 Å². The molecule has 1 aliphatic rings. The normalized spacial score (nSPS) is 14.1. The first-order chi connectivity index (χ1) is 18.3. The zero-order chi connectivity index (χ0) is 29.3. The summed E-state index contributed by atoms with van der Waals surface area (Å²) in [6.45, 7) is 7.50. The van der Waals surface area contributed by atoms with Gasteiger partial charge in [-0.3, -0.25) is 23.7 Å². The van der Waals surface area contributed by atoms with E-state index in [4.69, 9.17) is 20.4 Å². The molecular formula is C25H35N3O10S. The summed E-state index contributed by atoms with van der Waals surface area (Å²) in [5.74, 6) is -5.72. The number of carbonyl (C=O) groups is 4. The quantitative estimate of drug-likeness (QED) is 0.215. The van der Waals surface area contributed by atoms with Gasteiger partial charge in [-0.15, -0.1) is 11.3 Å². The van der Waals surface area contributed by atoms with E-state index in [-0.39, 0.29) is 17.4 Å². The van der Waals surface area contributed by atoms with Gasteiger partial charge in [0, 0.05) is 12.6 Å². The molecule has 216 valence electrons. The summed E-state index contributed by atoms with van der Waals surface area (Å²) in [5.41, 5.74) is -3.32. The molecule has 1 saturated heterocycles. The van der Waals surface area contributed by atoms with Crippen LogP contribution in [0.15, 0.2) is 16.2 Å². The predicted octanol–water partition coefficient (Wildman–Crippen LogP) is 1.71. The van der Waals surface area contributed by atoms with Gasteiger partial charge in [0.1, 0.15) is 16.1 Å². The molecule has 39 heavy (non-hydrogen) atoms. The second-order valence-corrected chi connectivity index (χ2v) is 10.5. The van der Waals surface area contributed by atoms with Crippen LogP contribution < -0.4 is 10.9 Å². The SMILES string of the molecule is CC(C)n1c(=O)c(C(=O)NCCCN2CCCCC2)c(O)c2ccsc21.O=C(O)CC(O)(CC(=O)O)C(=O)O. The molecule has 2 aromatic heterocycles. The molecule has 0 unspecified atom stereocenters. The van der Waals surface area contributed by atoms with E-state index in [1.54, 1.807) is 10.6 Å². The van der Waals surface area contributed by atoms with Crippen LogP contribution in [-0.4, -0.2) is 90.6 Å². The largest absolute Gasteiger partial charge is 0.506 e. The third-order valence-corrected chi connectivity index (χ3v) is 7.11. The Morgan fingerprint density at radius 3 is 2.15 bits per heavy atom. The summed E-state index contributed by atoms with van der Waals surface area (Å²) in [7, 11) is 0. The van der Waals surface area contributed by atoms with Crippen LogP contribution in [0.25, 0.3) is 10.2 Å². The predicted molar refractivity (Wildman–Crippen MR) is 142 cm³/mol. The Morgan fingerprint density at radius 2 is 1.64 bits per heavy atom. The van der Waals surface area contributed by atoms with Gasteiger partial charge in [0.15, 0.2) is 5.60 Å². The molecule has 3 rings (SSSR count). The number of nitrogens with zero attached hydrogens (tertiary/aromatic N) is 2. The number of aliphatic carboxylic acids is 3. The molecule has 1 aliphatic heterocycles. The number of rotatable bonds is 11. The van der Waals surface area contributed by atoms with E-state index in [1.807, 2.05) is 19.2 Å². The van der Waals surface area contributed by atoms with Crippen LogP contribution >= 0.6 is 11.3 Å². The Kier molecular flexibility index (Phi) is 11.4.